The third-order valence-corrected chi connectivity index (χ3v) is 4.27. The first kappa shape index (κ1) is 19.8. The van der Waals surface area contributed by atoms with Gasteiger partial charge in [-0.05, 0) is 36.4 Å². The van der Waals surface area contributed by atoms with Crippen molar-refractivity contribution in [3.8, 4) is 0 Å². The smallest absolute Gasteiger partial charge is 0.339 e. The Morgan fingerprint density at radius 3 is 2.38 bits per heavy atom. The SMILES string of the molecule is COC(=O)c1ccccc1NC(=O)c1cc(C(=O)N(C)c2ccccc2)ccn1. The number of carbonyl (C=O) groups excluding carboxylic acids is 3. The number of anilines is 2. The van der Waals surface area contributed by atoms with E-state index < -0.39 is 11.9 Å². The zero-order valence-corrected chi connectivity index (χ0v) is 16.0. The third kappa shape index (κ3) is 4.47. The van der Waals surface area contributed by atoms with Crippen molar-refractivity contribution in [1.82, 2.24) is 4.98 Å². The summed E-state index contributed by atoms with van der Waals surface area (Å²) in [4.78, 5) is 42.8. The van der Waals surface area contributed by atoms with Crippen molar-refractivity contribution in [3.05, 3.63) is 89.7 Å². The van der Waals surface area contributed by atoms with Gasteiger partial charge >= 0.3 is 5.97 Å². The molecule has 7 heteroatoms. The molecule has 3 aromatic rings. The number of methoxy groups -OCH3 is 1. The van der Waals surface area contributed by atoms with E-state index in [9.17, 15) is 14.4 Å². The van der Waals surface area contributed by atoms with Crippen molar-refractivity contribution in [2.24, 2.45) is 0 Å². The molecule has 0 saturated carbocycles. The number of nitrogens with zero attached hydrogens (tertiary/aromatic N) is 2. The summed E-state index contributed by atoms with van der Waals surface area (Å²) in [6, 6.07) is 18.6. The second-order valence-electron chi connectivity index (χ2n) is 6.12. The fourth-order valence-corrected chi connectivity index (χ4v) is 2.72. The lowest BCUT2D eigenvalue weighted by molar-refractivity contribution is 0.0601. The minimum absolute atomic E-state index is 0.0528. The average Bonchev–Trinajstić information content (AvgIpc) is 2.78. The highest BCUT2D eigenvalue weighted by atomic mass is 16.5. The Morgan fingerprint density at radius 1 is 0.966 bits per heavy atom. The molecule has 1 N–H and O–H groups in total. The van der Waals surface area contributed by atoms with Crippen LogP contribution in [0.4, 0.5) is 11.4 Å². The van der Waals surface area contributed by atoms with Crippen molar-refractivity contribution in [2.45, 2.75) is 0 Å². The summed E-state index contributed by atoms with van der Waals surface area (Å²) in [7, 11) is 2.92. The average molecular weight is 389 g/mol. The van der Waals surface area contributed by atoms with Gasteiger partial charge in [0, 0.05) is 24.5 Å². The molecule has 0 spiro atoms. The molecule has 0 atom stereocenters. The fourth-order valence-electron chi connectivity index (χ4n) is 2.72. The minimum atomic E-state index is -0.567. The molecule has 0 bridgehead atoms. The predicted octanol–water partition coefficient (Wildman–Crippen LogP) is 3.40. The van der Waals surface area contributed by atoms with Gasteiger partial charge in [-0.2, -0.15) is 0 Å². The highest BCUT2D eigenvalue weighted by Gasteiger charge is 2.18. The van der Waals surface area contributed by atoms with Crippen molar-refractivity contribution in [3.63, 3.8) is 0 Å². The Balaban J connectivity index is 1.82. The van der Waals surface area contributed by atoms with E-state index in [2.05, 4.69) is 10.3 Å². The molecule has 1 heterocycles. The van der Waals surface area contributed by atoms with E-state index in [-0.39, 0.29) is 17.2 Å². The van der Waals surface area contributed by atoms with E-state index in [0.29, 0.717) is 11.3 Å². The Bertz CT molecular complexity index is 1050. The normalized spacial score (nSPS) is 10.1. The van der Waals surface area contributed by atoms with Crippen LogP contribution in [0.25, 0.3) is 0 Å². The summed E-state index contributed by atoms with van der Waals surface area (Å²) in [5, 5.41) is 2.64. The zero-order chi connectivity index (χ0) is 20.8. The Kier molecular flexibility index (Phi) is 5.99. The van der Waals surface area contributed by atoms with Crippen LogP contribution in [-0.2, 0) is 4.74 Å². The maximum absolute atomic E-state index is 12.8. The summed E-state index contributed by atoms with van der Waals surface area (Å²) in [5.74, 6) is -1.39. The number of benzene rings is 2. The van der Waals surface area contributed by atoms with Crippen LogP contribution in [0.3, 0.4) is 0 Å². The van der Waals surface area contributed by atoms with Crippen molar-refractivity contribution in [2.75, 3.05) is 24.4 Å². The monoisotopic (exact) mass is 389 g/mol. The van der Waals surface area contributed by atoms with Crippen LogP contribution in [0.15, 0.2) is 72.9 Å². The van der Waals surface area contributed by atoms with E-state index in [0.717, 1.165) is 5.69 Å². The van der Waals surface area contributed by atoms with E-state index in [1.54, 1.807) is 37.4 Å². The molecule has 0 aliphatic carbocycles. The molecule has 0 aliphatic heterocycles. The van der Waals surface area contributed by atoms with Crippen molar-refractivity contribution >= 4 is 29.2 Å². The van der Waals surface area contributed by atoms with E-state index in [4.69, 9.17) is 4.74 Å². The van der Waals surface area contributed by atoms with Crippen LogP contribution in [0, 0.1) is 0 Å². The third-order valence-electron chi connectivity index (χ3n) is 4.27. The lowest BCUT2D eigenvalue weighted by Gasteiger charge is -2.17. The van der Waals surface area contributed by atoms with Gasteiger partial charge in [-0.3, -0.25) is 14.6 Å². The molecule has 0 unspecified atom stereocenters. The number of pyridine rings is 1. The highest BCUT2D eigenvalue weighted by Crippen LogP contribution is 2.18. The summed E-state index contributed by atoms with van der Waals surface area (Å²) >= 11 is 0. The number of aromatic nitrogens is 1. The fraction of sp³-hybridized carbons (Fsp3) is 0.0909. The minimum Gasteiger partial charge on any atom is -0.465 e. The van der Waals surface area contributed by atoms with Gasteiger partial charge in [0.25, 0.3) is 11.8 Å². The molecule has 0 saturated heterocycles. The van der Waals surface area contributed by atoms with Crippen LogP contribution in [0.1, 0.15) is 31.2 Å². The van der Waals surface area contributed by atoms with Crippen molar-refractivity contribution < 1.29 is 19.1 Å². The standard InChI is InChI=1S/C22H19N3O4/c1-25(16-8-4-3-5-9-16)21(27)15-12-13-23-19(14-15)20(26)24-18-11-7-6-10-17(18)22(28)29-2/h3-14H,1-2H3,(H,24,26). The summed E-state index contributed by atoms with van der Waals surface area (Å²) < 4.78 is 4.73. The summed E-state index contributed by atoms with van der Waals surface area (Å²) in [6.07, 6.45) is 1.40. The lowest BCUT2D eigenvalue weighted by atomic mass is 10.1. The topological polar surface area (TPSA) is 88.6 Å². The molecule has 2 aromatic carbocycles. The molecule has 1 aromatic heterocycles. The largest absolute Gasteiger partial charge is 0.465 e. The van der Waals surface area contributed by atoms with Gasteiger partial charge in [-0.15, -0.1) is 0 Å². The summed E-state index contributed by atoms with van der Waals surface area (Å²) in [5.41, 5.74) is 1.62. The number of carbonyl (C=O) groups is 3. The Hall–Kier alpha value is -4.00. The first-order valence-corrected chi connectivity index (χ1v) is 8.79. The van der Waals surface area contributed by atoms with Gasteiger partial charge in [-0.1, -0.05) is 30.3 Å². The van der Waals surface area contributed by atoms with Crippen LogP contribution < -0.4 is 10.2 Å². The first-order chi connectivity index (χ1) is 14.0. The van der Waals surface area contributed by atoms with Gasteiger partial charge in [0.2, 0.25) is 0 Å². The van der Waals surface area contributed by atoms with Gasteiger partial charge < -0.3 is 15.0 Å². The number of hydrogen-bond acceptors (Lipinski definition) is 5. The quantitative estimate of drug-likeness (QED) is 0.676. The number of para-hydroxylation sites is 2. The Morgan fingerprint density at radius 2 is 1.66 bits per heavy atom. The molecule has 29 heavy (non-hydrogen) atoms. The molecular formula is C22H19N3O4. The summed E-state index contributed by atoms with van der Waals surface area (Å²) in [6.45, 7) is 0. The van der Waals surface area contributed by atoms with Gasteiger partial charge in [-0.25, -0.2) is 4.79 Å². The van der Waals surface area contributed by atoms with Crippen LogP contribution >= 0.6 is 0 Å². The number of ether oxygens (including phenoxy) is 1. The van der Waals surface area contributed by atoms with E-state index in [1.807, 2.05) is 30.3 Å². The second-order valence-corrected chi connectivity index (χ2v) is 6.12. The van der Waals surface area contributed by atoms with E-state index in [1.165, 1.54) is 24.3 Å². The number of rotatable bonds is 5. The van der Waals surface area contributed by atoms with Crippen LogP contribution in [0.2, 0.25) is 0 Å². The van der Waals surface area contributed by atoms with Crippen LogP contribution in [0.5, 0.6) is 0 Å². The molecule has 0 fully saturated rings. The zero-order valence-electron chi connectivity index (χ0n) is 16.0. The number of hydrogen-bond donors (Lipinski definition) is 1. The molecule has 2 amide bonds. The number of esters is 1. The van der Waals surface area contributed by atoms with Crippen molar-refractivity contribution in [1.29, 1.82) is 0 Å². The van der Waals surface area contributed by atoms with Gasteiger partial charge in [0.1, 0.15) is 5.69 Å². The second kappa shape index (κ2) is 8.79. The molecular weight excluding hydrogens is 370 g/mol. The number of nitrogens with one attached hydrogen (secondary N) is 1. The highest BCUT2D eigenvalue weighted by molar-refractivity contribution is 6.10. The predicted molar refractivity (Wildman–Crippen MR) is 109 cm³/mol. The molecule has 7 nitrogen and oxygen atoms in total. The molecule has 146 valence electrons. The molecule has 3 rings (SSSR count). The maximum Gasteiger partial charge on any atom is 0.339 e. The Labute approximate surface area is 167 Å². The molecule has 0 radical (unpaired) electrons. The molecule has 0 aliphatic rings. The van der Waals surface area contributed by atoms with Crippen LogP contribution in [-0.4, -0.2) is 36.9 Å². The lowest BCUT2D eigenvalue weighted by Crippen LogP contribution is -2.26. The first-order valence-electron chi connectivity index (χ1n) is 8.79. The van der Waals surface area contributed by atoms with Gasteiger partial charge in [0.15, 0.2) is 0 Å². The van der Waals surface area contributed by atoms with E-state index >= 15 is 0 Å². The maximum atomic E-state index is 12.8. The number of amides is 2. The van der Waals surface area contributed by atoms with Gasteiger partial charge in [0.05, 0.1) is 18.4 Å².